The Labute approximate surface area is 128 Å². The van der Waals surface area contributed by atoms with E-state index in [-0.39, 0.29) is 4.90 Å². The van der Waals surface area contributed by atoms with Crippen molar-refractivity contribution in [2.45, 2.75) is 63.9 Å². The quantitative estimate of drug-likeness (QED) is 0.645. The molecule has 0 radical (unpaired) electrons. The molecular weight excluding hydrogens is 288 g/mol. The molecule has 0 saturated heterocycles. The Morgan fingerprint density at radius 2 is 2.00 bits per heavy atom. The first kappa shape index (κ1) is 18.1. The highest BCUT2D eigenvalue weighted by atomic mass is 32.2. The number of hydrogen-bond donors (Lipinski definition) is 2. The number of hydrogen-bond acceptors (Lipinski definition) is 4. The normalized spacial score (nSPS) is 12.8. The number of aryl methyl sites for hydroxylation is 1. The van der Waals surface area contributed by atoms with Crippen molar-refractivity contribution in [1.29, 1.82) is 0 Å². The zero-order valence-electron chi connectivity index (χ0n) is 13.5. The Morgan fingerprint density at radius 1 is 1.29 bits per heavy atom. The van der Waals surface area contributed by atoms with E-state index < -0.39 is 15.6 Å². The van der Waals surface area contributed by atoms with Crippen LogP contribution in [0, 0.1) is 0 Å². The standard InChI is InChI=1S/C14H28N4O2S/c1-5-8-15-9-7-10-18-12-13(11-16-18)21(19,20)17-14(3,4)6-2/h11-12,15,17H,5-10H2,1-4H3. The first-order chi connectivity index (χ1) is 9.80. The van der Waals surface area contributed by atoms with Gasteiger partial charge < -0.3 is 5.32 Å². The molecule has 0 atom stereocenters. The largest absolute Gasteiger partial charge is 0.317 e. The molecule has 6 nitrogen and oxygen atoms in total. The lowest BCUT2D eigenvalue weighted by Gasteiger charge is -2.23. The molecule has 1 heterocycles. The fourth-order valence-electron chi connectivity index (χ4n) is 1.77. The monoisotopic (exact) mass is 316 g/mol. The molecule has 0 unspecified atom stereocenters. The minimum absolute atomic E-state index is 0.227. The van der Waals surface area contributed by atoms with Gasteiger partial charge in [-0.15, -0.1) is 0 Å². The molecule has 7 heteroatoms. The summed E-state index contributed by atoms with van der Waals surface area (Å²) < 4.78 is 28.9. The van der Waals surface area contributed by atoms with Gasteiger partial charge in [-0.3, -0.25) is 4.68 Å². The second kappa shape index (κ2) is 7.91. The summed E-state index contributed by atoms with van der Waals surface area (Å²) in [6.45, 7) is 10.5. The molecule has 122 valence electrons. The van der Waals surface area contributed by atoms with Gasteiger partial charge in [-0.1, -0.05) is 13.8 Å². The van der Waals surface area contributed by atoms with E-state index in [0.29, 0.717) is 6.54 Å². The Morgan fingerprint density at radius 3 is 2.62 bits per heavy atom. The molecule has 1 aromatic rings. The van der Waals surface area contributed by atoms with Crippen molar-refractivity contribution in [3.8, 4) is 0 Å². The first-order valence-electron chi connectivity index (χ1n) is 7.58. The van der Waals surface area contributed by atoms with Crippen LogP contribution in [0.25, 0.3) is 0 Å². The highest BCUT2D eigenvalue weighted by Crippen LogP contribution is 2.14. The van der Waals surface area contributed by atoms with E-state index in [1.807, 2.05) is 20.8 Å². The highest BCUT2D eigenvalue weighted by molar-refractivity contribution is 7.89. The molecule has 0 aromatic carbocycles. The number of nitrogens with zero attached hydrogens (tertiary/aromatic N) is 2. The van der Waals surface area contributed by atoms with Crippen molar-refractivity contribution in [2.75, 3.05) is 13.1 Å². The maximum atomic E-state index is 12.3. The van der Waals surface area contributed by atoms with Crippen LogP contribution in [0.1, 0.15) is 47.0 Å². The van der Waals surface area contributed by atoms with Crippen molar-refractivity contribution in [2.24, 2.45) is 0 Å². The number of nitrogens with one attached hydrogen (secondary N) is 2. The van der Waals surface area contributed by atoms with E-state index in [0.717, 1.165) is 32.4 Å². The maximum Gasteiger partial charge on any atom is 0.244 e. The van der Waals surface area contributed by atoms with E-state index in [2.05, 4.69) is 22.1 Å². The predicted octanol–water partition coefficient (Wildman–Crippen LogP) is 1.74. The predicted molar refractivity (Wildman–Crippen MR) is 84.7 cm³/mol. The molecule has 1 rings (SSSR count). The van der Waals surface area contributed by atoms with Crippen molar-refractivity contribution in [3.05, 3.63) is 12.4 Å². The zero-order chi connectivity index (χ0) is 15.9. The van der Waals surface area contributed by atoms with Gasteiger partial charge >= 0.3 is 0 Å². The molecule has 1 aromatic heterocycles. The Kier molecular flexibility index (Phi) is 6.83. The molecule has 0 spiro atoms. The average molecular weight is 316 g/mol. The van der Waals surface area contributed by atoms with Crippen molar-refractivity contribution in [3.63, 3.8) is 0 Å². The molecule has 0 bridgehead atoms. The summed E-state index contributed by atoms with van der Waals surface area (Å²) in [5.41, 5.74) is -0.453. The van der Waals surface area contributed by atoms with Crippen LogP contribution in [0.2, 0.25) is 0 Å². The molecule has 0 fully saturated rings. The molecule has 0 aliphatic rings. The summed E-state index contributed by atoms with van der Waals surface area (Å²) in [4.78, 5) is 0.227. The second-order valence-electron chi connectivity index (χ2n) is 5.89. The van der Waals surface area contributed by atoms with Crippen LogP contribution in [-0.2, 0) is 16.6 Å². The zero-order valence-corrected chi connectivity index (χ0v) is 14.3. The van der Waals surface area contributed by atoms with Gasteiger partial charge in [0.25, 0.3) is 0 Å². The van der Waals surface area contributed by atoms with Crippen LogP contribution in [0.3, 0.4) is 0 Å². The Balaban J connectivity index is 2.57. The third kappa shape index (κ3) is 6.15. The van der Waals surface area contributed by atoms with E-state index in [1.54, 1.807) is 10.9 Å². The lowest BCUT2D eigenvalue weighted by molar-refractivity contribution is 0.439. The molecule has 21 heavy (non-hydrogen) atoms. The van der Waals surface area contributed by atoms with Crippen molar-refractivity contribution < 1.29 is 8.42 Å². The van der Waals surface area contributed by atoms with E-state index in [1.165, 1.54) is 6.20 Å². The van der Waals surface area contributed by atoms with Crippen LogP contribution in [0.4, 0.5) is 0 Å². The van der Waals surface area contributed by atoms with Crippen LogP contribution in [0.15, 0.2) is 17.3 Å². The minimum atomic E-state index is -3.50. The molecule has 0 saturated carbocycles. The average Bonchev–Trinajstić information content (AvgIpc) is 2.87. The van der Waals surface area contributed by atoms with Gasteiger partial charge in [-0.2, -0.15) is 5.10 Å². The van der Waals surface area contributed by atoms with Crippen molar-refractivity contribution >= 4 is 10.0 Å². The molecule has 0 aliphatic heterocycles. The highest BCUT2D eigenvalue weighted by Gasteiger charge is 2.25. The van der Waals surface area contributed by atoms with E-state index in [4.69, 9.17) is 0 Å². The number of sulfonamides is 1. The molecular formula is C14H28N4O2S. The molecule has 0 aliphatic carbocycles. The van der Waals surface area contributed by atoms with Gasteiger partial charge in [0.1, 0.15) is 4.90 Å². The Bertz CT molecular complexity index is 523. The van der Waals surface area contributed by atoms with Gasteiger partial charge in [-0.05, 0) is 46.2 Å². The first-order valence-corrected chi connectivity index (χ1v) is 9.06. The van der Waals surface area contributed by atoms with Gasteiger partial charge in [0.15, 0.2) is 0 Å². The van der Waals surface area contributed by atoms with Gasteiger partial charge in [0, 0.05) is 18.3 Å². The smallest absolute Gasteiger partial charge is 0.244 e. The maximum absolute atomic E-state index is 12.3. The third-order valence-corrected chi connectivity index (χ3v) is 5.03. The van der Waals surface area contributed by atoms with Crippen LogP contribution < -0.4 is 10.0 Å². The number of rotatable bonds is 10. The molecule has 0 amide bonds. The SMILES string of the molecule is CCCNCCCn1cc(S(=O)(=O)NC(C)(C)CC)cn1. The molecule has 2 N–H and O–H groups in total. The van der Waals surface area contributed by atoms with Gasteiger partial charge in [-0.25, -0.2) is 13.1 Å². The van der Waals surface area contributed by atoms with Crippen LogP contribution in [-0.4, -0.2) is 36.8 Å². The summed E-state index contributed by atoms with van der Waals surface area (Å²) >= 11 is 0. The van der Waals surface area contributed by atoms with Gasteiger partial charge in [0.2, 0.25) is 10.0 Å². The number of aromatic nitrogens is 2. The lowest BCUT2D eigenvalue weighted by Crippen LogP contribution is -2.42. The minimum Gasteiger partial charge on any atom is -0.317 e. The third-order valence-electron chi connectivity index (χ3n) is 3.38. The van der Waals surface area contributed by atoms with Crippen LogP contribution in [0.5, 0.6) is 0 Å². The summed E-state index contributed by atoms with van der Waals surface area (Å²) in [5, 5.41) is 7.44. The van der Waals surface area contributed by atoms with E-state index in [9.17, 15) is 8.42 Å². The summed E-state index contributed by atoms with van der Waals surface area (Å²) in [6.07, 6.45) is 5.77. The fourth-order valence-corrected chi connectivity index (χ4v) is 3.20. The lowest BCUT2D eigenvalue weighted by atomic mass is 10.0. The fraction of sp³-hybridized carbons (Fsp3) is 0.786. The second-order valence-corrected chi connectivity index (χ2v) is 7.57. The summed E-state index contributed by atoms with van der Waals surface area (Å²) in [5.74, 6) is 0. The van der Waals surface area contributed by atoms with Crippen molar-refractivity contribution in [1.82, 2.24) is 19.8 Å². The van der Waals surface area contributed by atoms with Gasteiger partial charge in [0.05, 0.1) is 6.20 Å². The summed E-state index contributed by atoms with van der Waals surface area (Å²) in [7, 11) is -3.50. The Hall–Kier alpha value is -0.920. The summed E-state index contributed by atoms with van der Waals surface area (Å²) in [6, 6.07) is 0. The van der Waals surface area contributed by atoms with Crippen LogP contribution >= 0.6 is 0 Å². The van der Waals surface area contributed by atoms with E-state index >= 15 is 0 Å². The topological polar surface area (TPSA) is 76.0 Å².